The molecule has 2 saturated heterocycles. The number of benzene rings is 1. The van der Waals surface area contributed by atoms with Crippen molar-refractivity contribution in [1.29, 1.82) is 0 Å². The van der Waals surface area contributed by atoms with E-state index in [2.05, 4.69) is 29.0 Å². The summed E-state index contributed by atoms with van der Waals surface area (Å²) < 4.78 is 0. The van der Waals surface area contributed by atoms with Gasteiger partial charge in [-0.25, -0.2) is 0 Å². The van der Waals surface area contributed by atoms with Crippen LogP contribution in [0.3, 0.4) is 0 Å². The van der Waals surface area contributed by atoms with Crippen molar-refractivity contribution in [2.45, 2.75) is 33.2 Å². The van der Waals surface area contributed by atoms with E-state index in [0.717, 1.165) is 45.0 Å². The van der Waals surface area contributed by atoms with Crippen molar-refractivity contribution in [2.75, 3.05) is 51.1 Å². The van der Waals surface area contributed by atoms with Gasteiger partial charge in [-0.2, -0.15) is 0 Å². The molecule has 2 amide bonds. The van der Waals surface area contributed by atoms with Crippen LogP contribution in [0.1, 0.15) is 27.2 Å². The number of nitrogens with zero attached hydrogens (tertiary/aromatic N) is 3. The molecule has 0 spiro atoms. The first-order chi connectivity index (χ1) is 13.8. The maximum Gasteiger partial charge on any atom is 0.241 e. The lowest BCUT2D eigenvalue weighted by Gasteiger charge is -2.39. The molecular formula is C22H33ClN4O2. The molecule has 2 fully saturated rings. The summed E-state index contributed by atoms with van der Waals surface area (Å²) in [5, 5.41) is 3.60. The van der Waals surface area contributed by atoms with E-state index in [1.54, 1.807) is 24.3 Å². The standard InChI is InChI=1S/C22H33ClN4O2/c1-16-12-17(2)14-27(13-16)21(28)15-25-8-10-26(11-9-25)18(3)22(29)24-20-6-4-19(23)5-7-20/h4-7,16-18H,8-15H2,1-3H3,(H,24,29)/t16-,17-,18-/m1/s1. The SMILES string of the molecule is C[C@@H]1C[C@@H](C)CN(C(=O)CN2CCN([C@H](C)C(=O)Nc3ccc(Cl)cc3)CC2)C1. The normalized spacial score (nSPS) is 24.9. The Kier molecular flexibility index (Phi) is 7.55. The molecule has 6 nitrogen and oxygen atoms in total. The lowest BCUT2D eigenvalue weighted by Crippen LogP contribution is -2.55. The predicted molar refractivity (Wildman–Crippen MR) is 117 cm³/mol. The highest BCUT2D eigenvalue weighted by atomic mass is 35.5. The molecule has 0 radical (unpaired) electrons. The van der Waals surface area contributed by atoms with Crippen molar-refractivity contribution in [1.82, 2.24) is 14.7 Å². The van der Waals surface area contributed by atoms with Crippen molar-refractivity contribution < 1.29 is 9.59 Å². The number of carbonyl (C=O) groups is 2. The second-order valence-corrected chi connectivity index (χ2v) is 9.17. The summed E-state index contributed by atoms with van der Waals surface area (Å²) in [4.78, 5) is 31.7. The van der Waals surface area contributed by atoms with Gasteiger partial charge in [-0.3, -0.25) is 19.4 Å². The number of anilines is 1. The Morgan fingerprint density at radius 2 is 1.66 bits per heavy atom. The molecule has 2 aliphatic rings. The number of halogens is 1. The molecule has 0 aliphatic carbocycles. The van der Waals surface area contributed by atoms with Crippen molar-refractivity contribution in [3.8, 4) is 0 Å². The van der Waals surface area contributed by atoms with Crippen LogP contribution in [0, 0.1) is 11.8 Å². The Morgan fingerprint density at radius 3 is 2.24 bits per heavy atom. The minimum Gasteiger partial charge on any atom is -0.341 e. The van der Waals surface area contributed by atoms with Crippen molar-refractivity contribution >= 4 is 29.1 Å². The second kappa shape index (κ2) is 9.92. The molecule has 0 aromatic heterocycles. The number of rotatable bonds is 5. The molecule has 3 rings (SSSR count). The quantitative estimate of drug-likeness (QED) is 0.795. The number of amides is 2. The molecular weight excluding hydrogens is 388 g/mol. The van der Waals surface area contributed by atoms with Crippen LogP contribution in [0.25, 0.3) is 0 Å². The number of nitrogens with one attached hydrogen (secondary N) is 1. The molecule has 2 heterocycles. The molecule has 0 bridgehead atoms. The maximum absolute atomic E-state index is 12.7. The van der Waals surface area contributed by atoms with Gasteiger partial charge in [0.15, 0.2) is 0 Å². The highest BCUT2D eigenvalue weighted by molar-refractivity contribution is 6.30. The van der Waals surface area contributed by atoms with Gasteiger partial charge in [0.2, 0.25) is 11.8 Å². The Bertz CT molecular complexity index is 693. The van der Waals surface area contributed by atoms with Gasteiger partial charge in [0, 0.05) is 50.0 Å². The molecule has 7 heteroatoms. The molecule has 0 saturated carbocycles. The lowest BCUT2D eigenvalue weighted by molar-refractivity contribution is -0.136. The van der Waals surface area contributed by atoms with E-state index in [1.807, 2.05) is 11.8 Å². The predicted octanol–water partition coefficient (Wildman–Crippen LogP) is 2.79. The third-order valence-electron chi connectivity index (χ3n) is 6.03. The number of piperazine rings is 1. The smallest absolute Gasteiger partial charge is 0.241 e. The highest BCUT2D eigenvalue weighted by Crippen LogP contribution is 2.21. The van der Waals surface area contributed by atoms with Crippen LogP contribution >= 0.6 is 11.6 Å². The van der Waals surface area contributed by atoms with Crippen LogP contribution in [0.4, 0.5) is 5.69 Å². The first-order valence-electron chi connectivity index (χ1n) is 10.6. The van der Waals surface area contributed by atoms with Crippen molar-refractivity contribution in [2.24, 2.45) is 11.8 Å². The van der Waals surface area contributed by atoms with E-state index in [0.29, 0.717) is 23.4 Å². The van der Waals surface area contributed by atoms with Crippen LogP contribution in [0.15, 0.2) is 24.3 Å². The van der Waals surface area contributed by atoms with Crippen LogP contribution in [-0.4, -0.2) is 78.4 Å². The number of likely N-dealkylation sites (tertiary alicyclic amines) is 1. The van der Waals surface area contributed by atoms with Crippen molar-refractivity contribution in [3.63, 3.8) is 0 Å². The molecule has 0 unspecified atom stereocenters. The molecule has 1 aromatic rings. The van der Waals surface area contributed by atoms with E-state index >= 15 is 0 Å². The van der Waals surface area contributed by atoms with E-state index in [4.69, 9.17) is 11.6 Å². The molecule has 3 atom stereocenters. The third-order valence-corrected chi connectivity index (χ3v) is 6.28. The Labute approximate surface area is 179 Å². The summed E-state index contributed by atoms with van der Waals surface area (Å²) in [5.41, 5.74) is 0.750. The van der Waals surface area contributed by atoms with Gasteiger partial charge < -0.3 is 10.2 Å². The number of hydrogen-bond acceptors (Lipinski definition) is 4. The molecule has 1 N–H and O–H groups in total. The Balaban J connectivity index is 1.44. The zero-order valence-corrected chi connectivity index (χ0v) is 18.5. The highest BCUT2D eigenvalue weighted by Gasteiger charge is 2.29. The largest absolute Gasteiger partial charge is 0.341 e. The third kappa shape index (κ3) is 6.17. The monoisotopic (exact) mass is 420 g/mol. The molecule has 29 heavy (non-hydrogen) atoms. The minimum absolute atomic E-state index is 0.0202. The van der Waals surface area contributed by atoms with Crippen LogP contribution < -0.4 is 5.32 Å². The van der Waals surface area contributed by atoms with Gasteiger partial charge in [0.25, 0.3) is 0 Å². The second-order valence-electron chi connectivity index (χ2n) is 8.73. The summed E-state index contributed by atoms with van der Waals surface area (Å²) in [6, 6.07) is 6.92. The fourth-order valence-corrected chi connectivity index (χ4v) is 4.54. The summed E-state index contributed by atoms with van der Waals surface area (Å²) in [5.74, 6) is 1.39. The number of piperidine rings is 1. The maximum atomic E-state index is 12.7. The van der Waals surface area contributed by atoms with Gasteiger partial charge in [0.1, 0.15) is 0 Å². The molecule has 2 aliphatic heterocycles. The number of hydrogen-bond donors (Lipinski definition) is 1. The topological polar surface area (TPSA) is 55.9 Å². The average Bonchev–Trinajstić information content (AvgIpc) is 2.69. The zero-order chi connectivity index (χ0) is 21.0. The average molecular weight is 421 g/mol. The van der Waals surface area contributed by atoms with Gasteiger partial charge in [-0.15, -0.1) is 0 Å². The first kappa shape index (κ1) is 22.1. The number of carbonyl (C=O) groups excluding carboxylic acids is 2. The van der Waals surface area contributed by atoms with Crippen molar-refractivity contribution in [3.05, 3.63) is 29.3 Å². The van der Waals surface area contributed by atoms with Crippen LogP contribution in [-0.2, 0) is 9.59 Å². The Morgan fingerprint density at radius 1 is 1.07 bits per heavy atom. The fraction of sp³-hybridized carbons (Fsp3) is 0.636. The van der Waals surface area contributed by atoms with Gasteiger partial charge in [-0.05, 0) is 49.4 Å². The van der Waals surface area contributed by atoms with Gasteiger partial charge >= 0.3 is 0 Å². The summed E-state index contributed by atoms with van der Waals surface area (Å²) in [6.45, 7) is 11.8. The molecule has 160 valence electrons. The zero-order valence-electron chi connectivity index (χ0n) is 17.7. The van der Waals surface area contributed by atoms with Gasteiger partial charge in [0.05, 0.1) is 12.6 Å². The molecule has 1 aromatic carbocycles. The first-order valence-corrected chi connectivity index (χ1v) is 11.0. The van der Waals surface area contributed by atoms with Crippen LogP contribution in [0.2, 0.25) is 5.02 Å². The van der Waals surface area contributed by atoms with E-state index in [1.165, 1.54) is 6.42 Å². The van der Waals surface area contributed by atoms with E-state index < -0.39 is 0 Å². The van der Waals surface area contributed by atoms with E-state index in [-0.39, 0.29) is 17.9 Å². The Hall–Kier alpha value is -1.63. The lowest BCUT2D eigenvalue weighted by atomic mass is 9.92. The summed E-state index contributed by atoms with van der Waals surface area (Å²) in [6.07, 6.45) is 1.21. The fourth-order valence-electron chi connectivity index (χ4n) is 4.41. The van der Waals surface area contributed by atoms with Gasteiger partial charge in [-0.1, -0.05) is 25.4 Å². The summed E-state index contributed by atoms with van der Waals surface area (Å²) >= 11 is 5.89. The van der Waals surface area contributed by atoms with E-state index in [9.17, 15) is 9.59 Å². The van der Waals surface area contributed by atoms with Crippen LogP contribution in [0.5, 0.6) is 0 Å². The summed E-state index contributed by atoms with van der Waals surface area (Å²) in [7, 11) is 0. The minimum atomic E-state index is -0.215.